The number of imidazole rings is 1. The molecule has 0 aliphatic carbocycles. The van der Waals surface area contributed by atoms with E-state index < -0.39 is 0 Å². The smallest absolute Gasteiger partial charge is 0.365 e. The first-order valence-corrected chi connectivity index (χ1v) is 6.50. The molecular formula is C15H14ClN5. The van der Waals surface area contributed by atoms with Crippen LogP contribution in [0.5, 0.6) is 0 Å². The highest BCUT2D eigenvalue weighted by Crippen LogP contribution is 2.23. The van der Waals surface area contributed by atoms with Crippen molar-refractivity contribution in [3.05, 3.63) is 60.2 Å². The molecule has 0 bridgehead atoms. The minimum absolute atomic E-state index is 0. The SMILES string of the molecule is NC1=N[C@H](c2ccccc2)[n+]2c([nH]c3ccccc32)N1.[Cl-]. The number of guanidine groups is 1. The van der Waals surface area contributed by atoms with E-state index in [0.29, 0.717) is 5.96 Å². The van der Waals surface area contributed by atoms with Gasteiger partial charge in [0.25, 0.3) is 5.96 Å². The minimum atomic E-state index is -0.149. The van der Waals surface area contributed by atoms with Crippen molar-refractivity contribution in [2.24, 2.45) is 10.7 Å². The summed E-state index contributed by atoms with van der Waals surface area (Å²) >= 11 is 0. The van der Waals surface area contributed by atoms with Gasteiger partial charge in [-0.15, -0.1) is 0 Å². The van der Waals surface area contributed by atoms with Crippen molar-refractivity contribution >= 4 is 22.9 Å². The zero-order valence-corrected chi connectivity index (χ0v) is 11.9. The standard InChI is InChI=1S/C15H13N5.ClH/c16-14-18-13(10-6-2-1-3-7-10)20-12-9-5-4-8-11(12)17-15(20)19-14;/h1-9,13H,(H3,16,17,18,19);1H/t13-;/m0./s1. The van der Waals surface area contributed by atoms with Crippen LogP contribution < -0.4 is 28.0 Å². The van der Waals surface area contributed by atoms with Crippen LogP contribution in [-0.2, 0) is 0 Å². The van der Waals surface area contributed by atoms with E-state index in [0.717, 1.165) is 22.5 Å². The molecule has 0 saturated carbocycles. The van der Waals surface area contributed by atoms with Gasteiger partial charge in [0.05, 0.1) is 0 Å². The summed E-state index contributed by atoms with van der Waals surface area (Å²) < 4.78 is 2.13. The second-order valence-electron chi connectivity index (χ2n) is 4.78. The molecule has 3 aromatic rings. The molecule has 0 spiro atoms. The maximum Gasteiger partial charge on any atom is 0.365 e. The van der Waals surface area contributed by atoms with E-state index in [1.165, 1.54) is 0 Å². The third kappa shape index (κ3) is 2.11. The molecule has 6 heteroatoms. The number of para-hydroxylation sites is 2. The number of anilines is 1. The number of aliphatic imine (C=N–C) groups is 1. The fourth-order valence-electron chi connectivity index (χ4n) is 2.63. The lowest BCUT2D eigenvalue weighted by Gasteiger charge is -2.17. The molecule has 0 fully saturated rings. The number of nitrogens with zero attached hydrogens (tertiary/aromatic N) is 2. The van der Waals surface area contributed by atoms with Crippen molar-refractivity contribution in [1.82, 2.24) is 4.98 Å². The highest BCUT2D eigenvalue weighted by atomic mass is 35.5. The highest BCUT2D eigenvalue weighted by molar-refractivity contribution is 5.92. The van der Waals surface area contributed by atoms with E-state index in [2.05, 4.69) is 38.1 Å². The van der Waals surface area contributed by atoms with E-state index in [1.54, 1.807) is 0 Å². The lowest BCUT2D eigenvalue weighted by Crippen LogP contribution is -3.00. The number of nitrogens with two attached hydrogens (primary N) is 1. The summed E-state index contributed by atoms with van der Waals surface area (Å²) in [5.74, 6) is 1.28. The van der Waals surface area contributed by atoms with Crippen molar-refractivity contribution in [2.45, 2.75) is 6.17 Å². The summed E-state index contributed by atoms with van der Waals surface area (Å²) in [6.45, 7) is 0. The largest absolute Gasteiger partial charge is 1.00 e. The van der Waals surface area contributed by atoms with Crippen molar-refractivity contribution in [3.63, 3.8) is 0 Å². The van der Waals surface area contributed by atoms with Gasteiger partial charge in [0.1, 0.15) is 11.0 Å². The van der Waals surface area contributed by atoms with Gasteiger partial charge >= 0.3 is 5.95 Å². The van der Waals surface area contributed by atoms with Crippen LogP contribution >= 0.6 is 0 Å². The van der Waals surface area contributed by atoms with Gasteiger partial charge in [-0.25, -0.2) is 14.9 Å². The molecule has 1 aliphatic heterocycles. The monoisotopic (exact) mass is 299 g/mol. The topological polar surface area (TPSA) is 70.1 Å². The van der Waals surface area contributed by atoms with Gasteiger partial charge in [0, 0.05) is 5.56 Å². The highest BCUT2D eigenvalue weighted by Gasteiger charge is 2.30. The molecule has 1 aromatic heterocycles. The van der Waals surface area contributed by atoms with E-state index >= 15 is 0 Å². The molecular weight excluding hydrogens is 286 g/mol. The average molecular weight is 300 g/mol. The maximum absolute atomic E-state index is 5.90. The van der Waals surface area contributed by atoms with Crippen LogP contribution in [0.2, 0.25) is 0 Å². The minimum Gasteiger partial charge on any atom is -1.00 e. The first kappa shape index (κ1) is 13.5. The number of nitrogens with one attached hydrogen (secondary N) is 2. The Hall–Kier alpha value is -2.53. The summed E-state index contributed by atoms with van der Waals surface area (Å²) in [7, 11) is 0. The van der Waals surface area contributed by atoms with Crippen LogP contribution in [0.3, 0.4) is 0 Å². The van der Waals surface area contributed by atoms with Crippen LogP contribution in [0.4, 0.5) is 5.95 Å². The number of rotatable bonds is 1. The second kappa shape index (κ2) is 5.10. The number of fused-ring (bicyclic) bond motifs is 3. The molecule has 1 aliphatic rings. The molecule has 1 atom stereocenters. The summed E-state index contributed by atoms with van der Waals surface area (Å²) in [6.07, 6.45) is -0.149. The number of aromatic nitrogens is 2. The first-order valence-electron chi connectivity index (χ1n) is 6.50. The Bertz CT molecular complexity index is 809. The molecule has 0 unspecified atom stereocenters. The van der Waals surface area contributed by atoms with Crippen molar-refractivity contribution < 1.29 is 17.0 Å². The molecule has 2 heterocycles. The number of hydrogen-bond acceptors (Lipinski definition) is 3. The Labute approximate surface area is 127 Å². The third-order valence-electron chi connectivity index (χ3n) is 3.51. The summed E-state index contributed by atoms with van der Waals surface area (Å²) in [5, 5.41) is 3.08. The van der Waals surface area contributed by atoms with Gasteiger partial charge in [0.2, 0.25) is 6.17 Å². The molecule has 4 rings (SSSR count). The van der Waals surface area contributed by atoms with Gasteiger partial charge < -0.3 is 18.1 Å². The maximum atomic E-state index is 5.90. The van der Waals surface area contributed by atoms with E-state index in [-0.39, 0.29) is 18.6 Å². The van der Waals surface area contributed by atoms with Gasteiger partial charge in [-0.1, -0.05) is 42.5 Å². The number of halogens is 1. The Morgan fingerprint density at radius 2 is 1.71 bits per heavy atom. The van der Waals surface area contributed by atoms with Crippen LogP contribution in [0.15, 0.2) is 59.6 Å². The van der Waals surface area contributed by atoms with Crippen molar-refractivity contribution in [1.29, 1.82) is 0 Å². The molecule has 0 amide bonds. The molecule has 0 radical (unpaired) electrons. The number of benzene rings is 2. The summed E-state index contributed by atoms with van der Waals surface area (Å²) in [6, 6.07) is 18.3. The van der Waals surface area contributed by atoms with E-state index in [1.807, 2.05) is 36.4 Å². The number of aromatic amines is 1. The van der Waals surface area contributed by atoms with Crippen LogP contribution in [0.25, 0.3) is 11.0 Å². The molecule has 21 heavy (non-hydrogen) atoms. The Morgan fingerprint density at radius 3 is 2.52 bits per heavy atom. The fraction of sp³-hybridized carbons (Fsp3) is 0.0667. The van der Waals surface area contributed by atoms with Gasteiger partial charge in [0.15, 0.2) is 0 Å². The molecule has 106 valence electrons. The number of H-pyrrole nitrogens is 1. The molecule has 2 aromatic carbocycles. The zero-order chi connectivity index (χ0) is 13.5. The predicted octanol–water partition coefficient (Wildman–Crippen LogP) is -1.25. The van der Waals surface area contributed by atoms with Crippen molar-refractivity contribution in [3.8, 4) is 0 Å². The van der Waals surface area contributed by atoms with Crippen molar-refractivity contribution in [2.75, 3.05) is 5.32 Å². The zero-order valence-electron chi connectivity index (χ0n) is 11.1. The van der Waals surface area contributed by atoms with Gasteiger partial charge in [-0.3, -0.25) is 0 Å². The lowest BCUT2D eigenvalue weighted by atomic mass is 10.1. The van der Waals surface area contributed by atoms with Crippen LogP contribution in [0, 0.1) is 0 Å². The normalized spacial score (nSPS) is 16.6. The fourth-order valence-corrected chi connectivity index (χ4v) is 2.63. The van der Waals surface area contributed by atoms with Gasteiger partial charge in [-0.2, -0.15) is 4.99 Å². The third-order valence-corrected chi connectivity index (χ3v) is 3.51. The Balaban J connectivity index is 0.00000132. The Morgan fingerprint density at radius 1 is 1.00 bits per heavy atom. The van der Waals surface area contributed by atoms with E-state index in [4.69, 9.17) is 5.73 Å². The molecule has 4 N–H and O–H groups in total. The van der Waals surface area contributed by atoms with Crippen LogP contribution in [0.1, 0.15) is 11.7 Å². The van der Waals surface area contributed by atoms with Crippen LogP contribution in [-0.4, -0.2) is 10.9 Å². The second-order valence-corrected chi connectivity index (χ2v) is 4.78. The predicted molar refractivity (Wildman–Crippen MR) is 78.3 cm³/mol. The quantitative estimate of drug-likeness (QED) is 0.491. The summed E-state index contributed by atoms with van der Waals surface area (Å²) in [4.78, 5) is 7.88. The molecule has 0 saturated heterocycles. The average Bonchev–Trinajstić information content (AvgIpc) is 2.85. The Kier molecular flexibility index (Phi) is 3.27. The first-order chi connectivity index (χ1) is 9.83. The van der Waals surface area contributed by atoms with Gasteiger partial charge in [-0.05, 0) is 12.1 Å². The number of hydrogen-bond donors (Lipinski definition) is 3. The molecule has 5 nitrogen and oxygen atoms in total. The summed E-state index contributed by atoms with van der Waals surface area (Å²) in [5.41, 5.74) is 9.16. The van der Waals surface area contributed by atoms with E-state index in [9.17, 15) is 0 Å². The lowest BCUT2D eigenvalue weighted by molar-refractivity contribution is -0.674.